The summed E-state index contributed by atoms with van der Waals surface area (Å²) in [4.78, 5) is 2.51. The Kier molecular flexibility index (Phi) is 5.23. The molecule has 0 amide bonds. The van der Waals surface area contributed by atoms with Crippen molar-refractivity contribution in [2.75, 3.05) is 26.2 Å². The number of ether oxygens (including phenoxy) is 1. The summed E-state index contributed by atoms with van der Waals surface area (Å²) in [7, 11) is 0. The highest BCUT2D eigenvalue weighted by Crippen LogP contribution is 2.09. The zero-order valence-electron chi connectivity index (χ0n) is 11.4. The van der Waals surface area contributed by atoms with E-state index in [1.807, 2.05) is 12.1 Å². The maximum Gasteiger partial charge on any atom is 0.117 e. The number of hydrogen-bond donors (Lipinski definition) is 1. The summed E-state index contributed by atoms with van der Waals surface area (Å²) in [5.41, 5.74) is 0. The molecule has 1 aliphatic heterocycles. The van der Waals surface area contributed by atoms with E-state index in [1.54, 1.807) is 6.26 Å². The molecule has 1 N–H and O–H groups in total. The molecule has 2 rings (SSSR count). The fourth-order valence-electron chi connectivity index (χ4n) is 2.37. The van der Waals surface area contributed by atoms with Crippen LogP contribution in [0.2, 0.25) is 0 Å². The van der Waals surface area contributed by atoms with Crippen LogP contribution in [0.1, 0.15) is 26.0 Å². The van der Waals surface area contributed by atoms with Crippen LogP contribution in [0.3, 0.4) is 0 Å². The topological polar surface area (TPSA) is 37.6 Å². The van der Waals surface area contributed by atoms with Crippen molar-refractivity contribution in [3.63, 3.8) is 0 Å². The first-order chi connectivity index (χ1) is 8.75. The van der Waals surface area contributed by atoms with Crippen molar-refractivity contribution >= 4 is 0 Å². The zero-order valence-corrected chi connectivity index (χ0v) is 11.4. The predicted molar refractivity (Wildman–Crippen MR) is 71.5 cm³/mol. The van der Waals surface area contributed by atoms with Gasteiger partial charge in [0.25, 0.3) is 0 Å². The van der Waals surface area contributed by atoms with E-state index in [-0.39, 0.29) is 0 Å². The molecule has 0 aliphatic carbocycles. The van der Waals surface area contributed by atoms with Crippen LogP contribution in [-0.4, -0.2) is 43.3 Å². The lowest BCUT2D eigenvalue weighted by Crippen LogP contribution is -2.43. The minimum atomic E-state index is 0.347. The third-order valence-electron chi connectivity index (χ3n) is 3.43. The summed E-state index contributed by atoms with van der Waals surface area (Å²) in [5.74, 6) is 0.995. The molecule has 0 aromatic carbocycles. The van der Waals surface area contributed by atoms with Gasteiger partial charge >= 0.3 is 0 Å². The average molecular weight is 252 g/mol. The van der Waals surface area contributed by atoms with Crippen LogP contribution in [0, 0.1) is 0 Å². The van der Waals surface area contributed by atoms with Gasteiger partial charge in [-0.25, -0.2) is 0 Å². The van der Waals surface area contributed by atoms with Crippen LogP contribution in [-0.2, 0) is 11.3 Å². The standard InChI is InChI=1S/C14H24N2O2/c1-12(9-15-10-14-5-3-7-18-14)16-6-4-8-17-13(2)11-16/h3,5,7,12-13,15H,4,6,8-11H2,1-2H3. The van der Waals surface area contributed by atoms with Crippen molar-refractivity contribution in [3.8, 4) is 0 Å². The number of furan rings is 1. The summed E-state index contributed by atoms with van der Waals surface area (Å²) in [6.45, 7) is 9.26. The van der Waals surface area contributed by atoms with Crippen molar-refractivity contribution in [1.82, 2.24) is 10.2 Å². The quantitative estimate of drug-likeness (QED) is 0.868. The van der Waals surface area contributed by atoms with Crippen molar-refractivity contribution in [1.29, 1.82) is 0 Å². The first kappa shape index (κ1) is 13.6. The predicted octanol–water partition coefficient (Wildman–Crippen LogP) is 1.87. The second kappa shape index (κ2) is 6.92. The van der Waals surface area contributed by atoms with E-state index >= 15 is 0 Å². The molecule has 4 heteroatoms. The van der Waals surface area contributed by atoms with Crippen LogP contribution in [0.4, 0.5) is 0 Å². The third-order valence-corrected chi connectivity index (χ3v) is 3.43. The Labute approximate surface area is 109 Å². The molecule has 0 bridgehead atoms. The SMILES string of the molecule is CC1CN(C(C)CNCc2ccco2)CCCO1. The van der Waals surface area contributed by atoms with E-state index in [2.05, 4.69) is 24.1 Å². The van der Waals surface area contributed by atoms with Crippen LogP contribution < -0.4 is 5.32 Å². The van der Waals surface area contributed by atoms with Crippen molar-refractivity contribution in [3.05, 3.63) is 24.2 Å². The first-order valence-corrected chi connectivity index (χ1v) is 6.84. The van der Waals surface area contributed by atoms with E-state index in [4.69, 9.17) is 9.15 Å². The monoisotopic (exact) mass is 252 g/mol. The Balaban J connectivity index is 1.71. The fraction of sp³-hybridized carbons (Fsp3) is 0.714. The highest BCUT2D eigenvalue weighted by Gasteiger charge is 2.19. The van der Waals surface area contributed by atoms with Gasteiger partial charge in [-0.1, -0.05) is 0 Å². The van der Waals surface area contributed by atoms with Crippen LogP contribution in [0.5, 0.6) is 0 Å². The molecule has 1 aromatic heterocycles. The van der Waals surface area contributed by atoms with Gasteiger partial charge in [0, 0.05) is 32.3 Å². The van der Waals surface area contributed by atoms with Gasteiger partial charge in [-0.2, -0.15) is 0 Å². The summed E-state index contributed by atoms with van der Waals surface area (Å²) in [6, 6.07) is 4.46. The van der Waals surface area contributed by atoms with E-state index in [9.17, 15) is 0 Å². The van der Waals surface area contributed by atoms with Gasteiger partial charge in [0.2, 0.25) is 0 Å². The smallest absolute Gasteiger partial charge is 0.117 e. The van der Waals surface area contributed by atoms with E-state index in [1.165, 1.54) is 0 Å². The lowest BCUT2D eigenvalue weighted by molar-refractivity contribution is 0.0619. The molecule has 1 aromatic rings. The molecule has 2 unspecified atom stereocenters. The van der Waals surface area contributed by atoms with Crippen molar-refractivity contribution in [2.45, 2.75) is 39.0 Å². The summed E-state index contributed by atoms with van der Waals surface area (Å²) >= 11 is 0. The van der Waals surface area contributed by atoms with Gasteiger partial charge in [-0.05, 0) is 32.4 Å². The zero-order chi connectivity index (χ0) is 12.8. The Hall–Kier alpha value is -0.840. The third kappa shape index (κ3) is 4.12. The lowest BCUT2D eigenvalue weighted by Gasteiger charge is -2.28. The molecular formula is C14H24N2O2. The second-order valence-corrected chi connectivity index (χ2v) is 5.09. The molecule has 4 nitrogen and oxygen atoms in total. The summed E-state index contributed by atoms with van der Waals surface area (Å²) < 4.78 is 11.0. The highest BCUT2D eigenvalue weighted by molar-refractivity contribution is 4.97. The van der Waals surface area contributed by atoms with Gasteiger partial charge < -0.3 is 14.5 Å². The van der Waals surface area contributed by atoms with Gasteiger partial charge in [0.15, 0.2) is 0 Å². The Bertz CT molecular complexity index is 327. The minimum Gasteiger partial charge on any atom is -0.468 e. The van der Waals surface area contributed by atoms with E-state index < -0.39 is 0 Å². The Morgan fingerprint density at radius 1 is 1.56 bits per heavy atom. The number of hydrogen-bond acceptors (Lipinski definition) is 4. The highest BCUT2D eigenvalue weighted by atomic mass is 16.5. The van der Waals surface area contributed by atoms with Gasteiger partial charge in [-0.15, -0.1) is 0 Å². The van der Waals surface area contributed by atoms with Crippen LogP contribution in [0.25, 0.3) is 0 Å². The second-order valence-electron chi connectivity index (χ2n) is 5.09. The maximum absolute atomic E-state index is 5.67. The van der Waals surface area contributed by atoms with Gasteiger partial charge in [-0.3, -0.25) is 4.90 Å². The van der Waals surface area contributed by atoms with Crippen LogP contribution >= 0.6 is 0 Å². The molecule has 1 saturated heterocycles. The van der Waals surface area contributed by atoms with Gasteiger partial charge in [0.1, 0.15) is 5.76 Å². The maximum atomic E-state index is 5.67. The van der Waals surface area contributed by atoms with Gasteiger partial charge in [0.05, 0.1) is 18.9 Å². The van der Waals surface area contributed by atoms with Crippen molar-refractivity contribution in [2.24, 2.45) is 0 Å². The van der Waals surface area contributed by atoms with E-state index in [0.29, 0.717) is 12.1 Å². The molecule has 1 fully saturated rings. The molecule has 0 radical (unpaired) electrons. The molecule has 1 aliphatic rings. The Morgan fingerprint density at radius 2 is 2.44 bits per heavy atom. The number of nitrogens with one attached hydrogen (secondary N) is 1. The normalized spacial score (nSPS) is 23.8. The molecular weight excluding hydrogens is 228 g/mol. The van der Waals surface area contributed by atoms with Crippen molar-refractivity contribution < 1.29 is 9.15 Å². The molecule has 2 heterocycles. The first-order valence-electron chi connectivity index (χ1n) is 6.84. The number of rotatable bonds is 5. The average Bonchev–Trinajstić information content (AvgIpc) is 2.77. The molecule has 0 spiro atoms. The molecule has 18 heavy (non-hydrogen) atoms. The summed E-state index contributed by atoms with van der Waals surface area (Å²) in [5, 5.41) is 3.44. The molecule has 0 saturated carbocycles. The summed E-state index contributed by atoms with van der Waals surface area (Å²) in [6.07, 6.45) is 3.20. The minimum absolute atomic E-state index is 0.347. The number of nitrogens with zero attached hydrogens (tertiary/aromatic N) is 1. The fourth-order valence-corrected chi connectivity index (χ4v) is 2.37. The molecule has 102 valence electrons. The lowest BCUT2D eigenvalue weighted by atomic mass is 10.2. The Morgan fingerprint density at radius 3 is 3.22 bits per heavy atom. The van der Waals surface area contributed by atoms with E-state index in [0.717, 1.165) is 45.0 Å². The molecule has 2 atom stereocenters. The van der Waals surface area contributed by atoms with Crippen LogP contribution in [0.15, 0.2) is 22.8 Å². The largest absolute Gasteiger partial charge is 0.468 e.